The predicted octanol–water partition coefficient (Wildman–Crippen LogP) is 0.0929. The Morgan fingerprint density at radius 1 is 1.10 bits per heavy atom. The van der Waals surface area contributed by atoms with Gasteiger partial charge in [0.15, 0.2) is 11.2 Å². The highest BCUT2D eigenvalue weighted by Gasteiger charge is 2.32. The predicted molar refractivity (Wildman–Crippen MR) is 116 cm³/mol. The van der Waals surface area contributed by atoms with Crippen LogP contribution < -0.4 is 11.2 Å². The maximum Gasteiger partial charge on any atom is 0.332 e. The number of aromatic nitrogens is 4. The van der Waals surface area contributed by atoms with E-state index in [0.717, 1.165) is 30.5 Å². The molecule has 1 aromatic carbocycles. The van der Waals surface area contributed by atoms with Crippen molar-refractivity contribution < 1.29 is 4.79 Å². The molecule has 0 aliphatic carbocycles. The summed E-state index contributed by atoms with van der Waals surface area (Å²) in [5.74, 6) is -0.0323. The molecule has 9 nitrogen and oxygen atoms in total. The first-order chi connectivity index (χ1) is 14.9. The van der Waals surface area contributed by atoms with Gasteiger partial charge in [-0.3, -0.25) is 23.6 Å². The van der Waals surface area contributed by atoms with Crippen LogP contribution in [-0.4, -0.2) is 60.1 Å². The summed E-state index contributed by atoms with van der Waals surface area (Å²) in [6.07, 6.45) is 3.47. The molecule has 1 amide bonds. The smallest absolute Gasteiger partial charge is 0.332 e. The molecular formula is C22H26N6O3. The second kappa shape index (κ2) is 7.49. The molecule has 0 radical (unpaired) electrons. The minimum atomic E-state index is -0.435. The molecule has 4 heterocycles. The van der Waals surface area contributed by atoms with Crippen LogP contribution in [0.4, 0.5) is 0 Å². The lowest BCUT2D eigenvalue weighted by atomic mass is 9.98. The van der Waals surface area contributed by atoms with E-state index >= 15 is 0 Å². The minimum Gasteiger partial charge on any atom is -0.340 e. The lowest BCUT2D eigenvalue weighted by Crippen LogP contribution is -2.42. The number of nitrogens with zero attached hydrogens (tertiary/aromatic N) is 6. The molecule has 1 saturated heterocycles. The Labute approximate surface area is 179 Å². The normalized spacial score (nSPS) is 19.2. The number of aryl methyl sites for hydroxylation is 1. The van der Waals surface area contributed by atoms with Crippen molar-refractivity contribution in [3.05, 3.63) is 62.6 Å². The average Bonchev–Trinajstić information content (AvgIpc) is 3.44. The monoisotopic (exact) mass is 422 g/mol. The second-order valence-electron chi connectivity index (χ2n) is 8.52. The molecule has 9 heteroatoms. The van der Waals surface area contributed by atoms with Crippen LogP contribution in [0.3, 0.4) is 0 Å². The molecule has 2 aliphatic heterocycles. The average molecular weight is 422 g/mol. The summed E-state index contributed by atoms with van der Waals surface area (Å²) < 4.78 is 3.94. The number of rotatable bonds is 3. The Balaban J connectivity index is 1.31. The number of benzene rings is 1. The van der Waals surface area contributed by atoms with Crippen LogP contribution in [-0.2, 0) is 38.4 Å². The van der Waals surface area contributed by atoms with E-state index in [9.17, 15) is 14.4 Å². The fourth-order valence-electron chi connectivity index (χ4n) is 4.86. The van der Waals surface area contributed by atoms with Crippen molar-refractivity contribution in [2.45, 2.75) is 32.0 Å². The Morgan fingerprint density at radius 3 is 2.68 bits per heavy atom. The fraction of sp³-hybridized carbons (Fsp3) is 0.455. The van der Waals surface area contributed by atoms with E-state index in [2.05, 4.69) is 34.1 Å². The van der Waals surface area contributed by atoms with E-state index in [-0.39, 0.29) is 18.0 Å². The highest BCUT2D eigenvalue weighted by Crippen LogP contribution is 2.24. The van der Waals surface area contributed by atoms with Gasteiger partial charge in [0.1, 0.15) is 6.54 Å². The number of amides is 1. The van der Waals surface area contributed by atoms with Crippen LogP contribution in [0.5, 0.6) is 0 Å². The molecule has 31 heavy (non-hydrogen) atoms. The third-order valence-corrected chi connectivity index (χ3v) is 6.72. The summed E-state index contributed by atoms with van der Waals surface area (Å²) in [5, 5.41) is 0. The molecule has 0 bridgehead atoms. The number of fused-ring (bicyclic) bond motifs is 2. The maximum atomic E-state index is 13.0. The van der Waals surface area contributed by atoms with Crippen molar-refractivity contribution in [2.75, 3.05) is 19.6 Å². The van der Waals surface area contributed by atoms with Gasteiger partial charge in [-0.25, -0.2) is 9.78 Å². The second-order valence-corrected chi connectivity index (χ2v) is 8.52. The van der Waals surface area contributed by atoms with E-state index in [4.69, 9.17) is 0 Å². The molecule has 5 rings (SSSR count). The van der Waals surface area contributed by atoms with E-state index in [0.29, 0.717) is 24.8 Å². The lowest BCUT2D eigenvalue weighted by Gasteiger charge is -2.33. The molecular weight excluding hydrogens is 396 g/mol. The minimum absolute atomic E-state index is 0.0323. The Kier molecular flexibility index (Phi) is 4.77. The van der Waals surface area contributed by atoms with Gasteiger partial charge < -0.3 is 9.47 Å². The lowest BCUT2D eigenvalue weighted by molar-refractivity contribution is -0.130. The summed E-state index contributed by atoms with van der Waals surface area (Å²) in [7, 11) is 3.01. The molecule has 2 aliphatic rings. The molecule has 1 fully saturated rings. The standard InChI is InChI=1S/C22H26N6O3/c1-24-20-19(21(30)25(2)22(24)31)28(14-23-20)13-18(29)27-10-8-17(12-27)26-9-7-15-5-3-4-6-16(15)11-26/h3-6,14,17H,7-13H2,1-2H3. The zero-order valence-corrected chi connectivity index (χ0v) is 17.8. The molecule has 0 N–H and O–H groups in total. The third-order valence-electron chi connectivity index (χ3n) is 6.72. The van der Waals surface area contributed by atoms with Gasteiger partial charge in [-0.1, -0.05) is 24.3 Å². The highest BCUT2D eigenvalue weighted by molar-refractivity contribution is 5.79. The van der Waals surface area contributed by atoms with E-state index in [1.54, 1.807) is 11.6 Å². The van der Waals surface area contributed by atoms with Crippen LogP contribution in [0, 0.1) is 0 Å². The molecule has 0 saturated carbocycles. The summed E-state index contributed by atoms with van der Waals surface area (Å²) in [5.41, 5.74) is 2.51. The fourth-order valence-corrected chi connectivity index (χ4v) is 4.86. The molecule has 1 unspecified atom stereocenters. The highest BCUT2D eigenvalue weighted by atomic mass is 16.2. The van der Waals surface area contributed by atoms with Gasteiger partial charge in [-0.05, 0) is 24.0 Å². The van der Waals surface area contributed by atoms with Gasteiger partial charge >= 0.3 is 5.69 Å². The van der Waals surface area contributed by atoms with Crippen molar-refractivity contribution in [1.29, 1.82) is 0 Å². The summed E-state index contributed by atoms with van der Waals surface area (Å²) in [6, 6.07) is 8.92. The molecule has 0 spiro atoms. The van der Waals surface area contributed by atoms with Gasteiger partial charge in [0.25, 0.3) is 5.56 Å². The molecule has 1 atom stereocenters. The van der Waals surface area contributed by atoms with Crippen molar-refractivity contribution in [3.63, 3.8) is 0 Å². The summed E-state index contributed by atoms with van der Waals surface area (Å²) >= 11 is 0. The van der Waals surface area contributed by atoms with Gasteiger partial charge in [0.2, 0.25) is 5.91 Å². The van der Waals surface area contributed by atoms with Gasteiger partial charge in [0.05, 0.1) is 6.33 Å². The maximum absolute atomic E-state index is 13.0. The first-order valence-corrected chi connectivity index (χ1v) is 10.6. The van der Waals surface area contributed by atoms with Crippen LogP contribution in [0.15, 0.2) is 40.2 Å². The number of carbonyl (C=O) groups is 1. The number of carbonyl (C=O) groups excluding carboxylic acids is 1. The van der Waals surface area contributed by atoms with Crippen LogP contribution in [0.2, 0.25) is 0 Å². The SMILES string of the molecule is Cn1c(=O)c2c(ncn2CC(=O)N2CCC(N3CCc4ccccc4C3)C2)n(C)c1=O. The topological polar surface area (TPSA) is 85.4 Å². The van der Waals surface area contributed by atoms with E-state index < -0.39 is 11.2 Å². The first-order valence-electron chi connectivity index (χ1n) is 10.6. The quantitative estimate of drug-likeness (QED) is 0.597. The number of hydrogen-bond acceptors (Lipinski definition) is 5. The van der Waals surface area contributed by atoms with Crippen LogP contribution in [0.1, 0.15) is 17.5 Å². The number of imidazole rings is 1. The van der Waals surface area contributed by atoms with E-state index in [1.807, 2.05) is 4.90 Å². The van der Waals surface area contributed by atoms with Gasteiger partial charge in [-0.2, -0.15) is 0 Å². The zero-order chi connectivity index (χ0) is 21.7. The molecule has 3 aromatic rings. The van der Waals surface area contributed by atoms with Gasteiger partial charge in [-0.15, -0.1) is 0 Å². The zero-order valence-electron chi connectivity index (χ0n) is 17.8. The Morgan fingerprint density at radius 2 is 1.87 bits per heavy atom. The van der Waals surface area contributed by atoms with Crippen molar-refractivity contribution in [3.8, 4) is 0 Å². The summed E-state index contributed by atoms with van der Waals surface area (Å²) in [6.45, 7) is 3.40. The van der Waals surface area contributed by atoms with Crippen LogP contribution >= 0.6 is 0 Å². The van der Waals surface area contributed by atoms with Gasteiger partial charge in [0, 0.05) is 46.3 Å². The van der Waals surface area contributed by atoms with Crippen molar-refractivity contribution >= 4 is 17.1 Å². The third kappa shape index (κ3) is 3.29. The Hall–Kier alpha value is -3.20. The molecule has 162 valence electrons. The number of likely N-dealkylation sites (tertiary alicyclic amines) is 1. The van der Waals surface area contributed by atoms with E-state index in [1.165, 1.54) is 29.1 Å². The number of hydrogen-bond donors (Lipinski definition) is 0. The molecule has 2 aromatic heterocycles. The first kappa shape index (κ1) is 19.7. The van der Waals surface area contributed by atoms with Crippen molar-refractivity contribution in [2.24, 2.45) is 14.1 Å². The van der Waals surface area contributed by atoms with Crippen molar-refractivity contribution in [1.82, 2.24) is 28.5 Å². The Bertz CT molecular complexity index is 1290. The summed E-state index contributed by atoms with van der Waals surface area (Å²) in [4.78, 5) is 46.3. The largest absolute Gasteiger partial charge is 0.340 e. The van der Waals surface area contributed by atoms with Crippen LogP contribution in [0.25, 0.3) is 11.2 Å².